The van der Waals surface area contributed by atoms with Gasteiger partial charge in [-0.15, -0.1) is 0 Å². The molecule has 22 heavy (non-hydrogen) atoms. The Labute approximate surface area is 127 Å². The third kappa shape index (κ3) is 2.40. The number of aromatic amines is 1. The number of fused-ring (bicyclic) bond motifs is 1. The van der Waals surface area contributed by atoms with Crippen molar-refractivity contribution in [3.05, 3.63) is 66.9 Å². The maximum Gasteiger partial charge on any atom is 0.207 e. The van der Waals surface area contributed by atoms with Crippen LogP contribution in [0, 0.1) is 0 Å². The summed E-state index contributed by atoms with van der Waals surface area (Å²) in [5.41, 5.74) is 3.40. The smallest absolute Gasteiger partial charge is 0.207 e. The molecule has 0 aliphatic carbocycles. The third-order valence-corrected chi connectivity index (χ3v) is 3.31. The number of imidazole rings is 1. The molecule has 4 aromatic rings. The first-order valence-electron chi connectivity index (χ1n) is 6.99. The van der Waals surface area contributed by atoms with E-state index < -0.39 is 0 Å². The number of rotatable bonds is 3. The largest absolute Gasteiger partial charge is 0.326 e. The maximum absolute atomic E-state index is 4.51. The lowest BCUT2D eigenvalue weighted by molar-refractivity contribution is 1.21. The first-order chi connectivity index (χ1) is 10.9. The van der Waals surface area contributed by atoms with Crippen molar-refractivity contribution in [1.29, 1.82) is 0 Å². The van der Waals surface area contributed by atoms with Crippen LogP contribution in [0.3, 0.4) is 0 Å². The zero-order valence-corrected chi connectivity index (χ0v) is 11.7. The highest BCUT2D eigenvalue weighted by molar-refractivity contribution is 5.76. The van der Waals surface area contributed by atoms with Gasteiger partial charge in [0.15, 0.2) is 11.5 Å². The average molecular weight is 287 g/mol. The summed E-state index contributed by atoms with van der Waals surface area (Å²) < 4.78 is 0. The van der Waals surface area contributed by atoms with Crippen LogP contribution >= 0.6 is 0 Å². The van der Waals surface area contributed by atoms with Crippen molar-refractivity contribution in [3.63, 3.8) is 0 Å². The molecule has 2 aromatic heterocycles. The fraction of sp³-hybridized carbons (Fsp3) is 0. The van der Waals surface area contributed by atoms with Crippen molar-refractivity contribution in [2.24, 2.45) is 0 Å². The molecule has 2 N–H and O–H groups in total. The van der Waals surface area contributed by atoms with Crippen LogP contribution < -0.4 is 5.32 Å². The van der Waals surface area contributed by atoms with Gasteiger partial charge in [-0.2, -0.15) is 4.98 Å². The Morgan fingerprint density at radius 3 is 2.32 bits per heavy atom. The predicted octanol–water partition coefficient (Wildman–Crippen LogP) is 3.76. The zero-order chi connectivity index (χ0) is 14.8. The van der Waals surface area contributed by atoms with E-state index >= 15 is 0 Å². The minimum Gasteiger partial charge on any atom is -0.326 e. The van der Waals surface area contributed by atoms with E-state index in [4.69, 9.17) is 0 Å². The van der Waals surface area contributed by atoms with E-state index in [9.17, 15) is 0 Å². The normalized spacial score (nSPS) is 10.7. The van der Waals surface area contributed by atoms with Crippen molar-refractivity contribution in [2.75, 3.05) is 5.32 Å². The van der Waals surface area contributed by atoms with Gasteiger partial charge in [-0.25, -0.2) is 9.97 Å². The molecule has 0 aliphatic heterocycles. The quantitative estimate of drug-likeness (QED) is 0.602. The number of nitrogens with one attached hydrogen (secondary N) is 2. The Kier molecular flexibility index (Phi) is 3.01. The molecule has 106 valence electrons. The highest BCUT2D eigenvalue weighted by Crippen LogP contribution is 2.19. The Bertz CT molecular complexity index is 900. The van der Waals surface area contributed by atoms with Gasteiger partial charge in [0.1, 0.15) is 5.52 Å². The second-order valence-electron chi connectivity index (χ2n) is 4.87. The van der Waals surface area contributed by atoms with Crippen LogP contribution in [0.15, 0.2) is 66.9 Å². The fourth-order valence-electron chi connectivity index (χ4n) is 2.25. The Morgan fingerprint density at radius 2 is 1.55 bits per heavy atom. The van der Waals surface area contributed by atoms with Gasteiger partial charge in [-0.05, 0) is 12.1 Å². The summed E-state index contributed by atoms with van der Waals surface area (Å²) in [5.74, 6) is 1.33. The van der Waals surface area contributed by atoms with Crippen LogP contribution in [0.2, 0.25) is 0 Å². The topological polar surface area (TPSA) is 66.5 Å². The third-order valence-electron chi connectivity index (χ3n) is 3.31. The van der Waals surface area contributed by atoms with Gasteiger partial charge in [0.2, 0.25) is 5.95 Å². The van der Waals surface area contributed by atoms with Gasteiger partial charge in [-0.3, -0.25) is 0 Å². The van der Waals surface area contributed by atoms with Crippen LogP contribution in [0.5, 0.6) is 0 Å². The summed E-state index contributed by atoms with van der Waals surface area (Å²) in [6, 6.07) is 19.7. The lowest BCUT2D eigenvalue weighted by Gasteiger charge is -2.00. The van der Waals surface area contributed by atoms with Crippen molar-refractivity contribution in [2.45, 2.75) is 0 Å². The number of nitrogens with zero attached hydrogens (tertiary/aromatic N) is 3. The molecule has 2 heterocycles. The van der Waals surface area contributed by atoms with Crippen LogP contribution in [-0.2, 0) is 0 Å². The molecule has 0 atom stereocenters. The second-order valence-corrected chi connectivity index (χ2v) is 4.87. The van der Waals surface area contributed by atoms with Crippen molar-refractivity contribution >= 4 is 22.8 Å². The van der Waals surface area contributed by atoms with Gasteiger partial charge in [0.25, 0.3) is 0 Å². The first-order valence-corrected chi connectivity index (χ1v) is 6.99. The van der Waals surface area contributed by atoms with Crippen molar-refractivity contribution in [1.82, 2.24) is 19.9 Å². The number of anilines is 2. The minimum atomic E-state index is 0.646. The molecular weight excluding hydrogens is 274 g/mol. The summed E-state index contributed by atoms with van der Waals surface area (Å²) >= 11 is 0. The molecule has 0 spiro atoms. The molecule has 0 aliphatic rings. The standard InChI is InChI=1S/C17H13N5/c1-3-7-12(8-4-1)15-18-11-14-16(21-15)22-17(20-14)19-13-9-5-2-6-10-13/h1-11H,(H2,18,19,20,21,22). The molecule has 0 unspecified atom stereocenters. The van der Waals surface area contributed by atoms with Gasteiger partial charge in [-0.1, -0.05) is 48.5 Å². The number of benzene rings is 2. The minimum absolute atomic E-state index is 0.646. The number of H-pyrrole nitrogens is 1. The Hall–Kier alpha value is -3.21. The summed E-state index contributed by atoms with van der Waals surface area (Å²) in [4.78, 5) is 16.6. The lowest BCUT2D eigenvalue weighted by Crippen LogP contribution is -1.91. The molecular formula is C17H13N5. The highest BCUT2D eigenvalue weighted by Gasteiger charge is 2.07. The van der Waals surface area contributed by atoms with E-state index in [1.165, 1.54) is 0 Å². The lowest BCUT2D eigenvalue weighted by atomic mass is 10.2. The van der Waals surface area contributed by atoms with E-state index in [2.05, 4.69) is 25.3 Å². The predicted molar refractivity (Wildman–Crippen MR) is 86.8 cm³/mol. The van der Waals surface area contributed by atoms with Crippen LogP contribution in [0.4, 0.5) is 11.6 Å². The van der Waals surface area contributed by atoms with Crippen LogP contribution in [0.25, 0.3) is 22.6 Å². The van der Waals surface area contributed by atoms with E-state index in [-0.39, 0.29) is 0 Å². The molecule has 5 heteroatoms. The average Bonchev–Trinajstić information content (AvgIpc) is 2.98. The fourth-order valence-corrected chi connectivity index (χ4v) is 2.25. The molecule has 2 aromatic carbocycles. The van der Waals surface area contributed by atoms with E-state index in [1.807, 2.05) is 60.7 Å². The summed E-state index contributed by atoms with van der Waals surface area (Å²) in [6.07, 6.45) is 1.76. The van der Waals surface area contributed by atoms with Gasteiger partial charge < -0.3 is 10.3 Å². The molecule has 0 saturated carbocycles. The van der Waals surface area contributed by atoms with E-state index in [0.29, 0.717) is 17.4 Å². The van der Waals surface area contributed by atoms with Crippen molar-refractivity contribution in [3.8, 4) is 11.4 Å². The number of hydrogen-bond acceptors (Lipinski definition) is 4. The summed E-state index contributed by atoms with van der Waals surface area (Å²) in [5, 5.41) is 3.22. The molecule has 0 amide bonds. The number of para-hydroxylation sites is 1. The zero-order valence-electron chi connectivity index (χ0n) is 11.7. The highest BCUT2D eigenvalue weighted by atomic mass is 15.1. The maximum atomic E-state index is 4.51. The first kappa shape index (κ1) is 12.5. The number of aromatic nitrogens is 4. The van der Waals surface area contributed by atoms with Crippen LogP contribution in [0.1, 0.15) is 0 Å². The summed E-state index contributed by atoms with van der Waals surface area (Å²) in [6.45, 7) is 0. The van der Waals surface area contributed by atoms with E-state index in [1.54, 1.807) is 6.20 Å². The molecule has 4 rings (SSSR count). The molecule has 0 bridgehead atoms. The molecule has 0 saturated heterocycles. The monoisotopic (exact) mass is 287 g/mol. The number of hydrogen-bond donors (Lipinski definition) is 2. The van der Waals surface area contributed by atoms with Gasteiger partial charge in [0, 0.05) is 11.3 Å². The second kappa shape index (κ2) is 5.29. The van der Waals surface area contributed by atoms with Crippen molar-refractivity contribution < 1.29 is 0 Å². The Morgan fingerprint density at radius 1 is 0.818 bits per heavy atom. The molecule has 0 radical (unpaired) electrons. The Balaban J connectivity index is 1.69. The molecule has 0 fully saturated rings. The van der Waals surface area contributed by atoms with E-state index in [0.717, 1.165) is 16.8 Å². The molecule has 5 nitrogen and oxygen atoms in total. The van der Waals surface area contributed by atoms with Gasteiger partial charge in [0.05, 0.1) is 6.20 Å². The van der Waals surface area contributed by atoms with Gasteiger partial charge >= 0.3 is 0 Å². The summed E-state index contributed by atoms with van der Waals surface area (Å²) in [7, 11) is 0. The van der Waals surface area contributed by atoms with Crippen LogP contribution in [-0.4, -0.2) is 19.9 Å². The SMILES string of the molecule is c1ccc(Nc2nc3nc(-c4ccccc4)ncc3[nH]2)cc1.